The van der Waals surface area contributed by atoms with Crippen molar-refractivity contribution in [2.75, 3.05) is 20.3 Å². The Hall–Kier alpha value is -1.72. The molecular formula is C20H29N3O2. The average Bonchev–Trinajstić information content (AvgIpc) is 3.23. The fraction of sp³-hybridized carbons (Fsp3) is 0.600. The van der Waals surface area contributed by atoms with Crippen LogP contribution in [0.2, 0.25) is 0 Å². The summed E-state index contributed by atoms with van der Waals surface area (Å²) in [5.41, 5.74) is 1.43. The number of methoxy groups -OCH3 is 1. The second kappa shape index (κ2) is 8.59. The molecule has 0 bridgehead atoms. The minimum Gasteiger partial charge on any atom is -0.383 e. The van der Waals surface area contributed by atoms with Crippen LogP contribution in [0.15, 0.2) is 34.9 Å². The molecule has 0 radical (unpaired) electrons. The van der Waals surface area contributed by atoms with E-state index in [0.29, 0.717) is 0 Å². The van der Waals surface area contributed by atoms with Gasteiger partial charge in [0.2, 0.25) is 5.89 Å². The third-order valence-electron chi connectivity index (χ3n) is 5.19. The number of nitrogens with zero attached hydrogens (tertiary/aromatic N) is 3. The van der Waals surface area contributed by atoms with E-state index in [-0.39, 0.29) is 5.54 Å². The SMILES string of the molecule is CCCC1(COC)CCCN1Cc1nc(CCc2ccccc2)no1. The quantitative estimate of drug-likeness (QED) is 0.696. The lowest BCUT2D eigenvalue weighted by atomic mass is 9.91. The molecule has 136 valence electrons. The number of benzene rings is 1. The lowest BCUT2D eigenvalue weighted by Gasteiger charge is -2.37. The van der Waals surface area contributed by atoms with Crippen LogP contribution in [0.1, 0.15) is 49.9 Å². The summed E-state index contributed by atoms with van der Waals surface area (Å²) < 4.78 is 11.1. The Morgan fingerprint density at radius 2 is 2.08 bits per heavy atom. The summed E-state index contributed by atoms with van der Waals surface area (Å²) in [6.07, 6.45) is 6.45. The van der Waals surface area contributed by atoms with E-state index in [9.17, 15) is 0 Å². The first-order chi connectivity index (χ1) is 12.3. The van der Waals surface area contributed by atoms with E-state index in [2.05, 4.69) is 46.2 Å². The van der Waals surface area contributed by atoms with Gasteiger partial charge in [0.1, 0.15) is 0 Å². The van der Waals surface area contributed by atoms with Crippen LogP contribution in [-0.4, -0.2) is 40.8 Å². The number of rotatable bonds is 9. The minimum atomic E-state index is 0.127. The summed E-state index contributed by atoms with van der Waals surface area (Å²) in [4.78, 5) is 7.09. The van der Waals surface area contributed by atoms with Crippen LogP contribution in [0, 0.1) is 0 Å². The van der Waals surface area contributed by atoms with Gasteiger partial charge in [0.15, 0.2) is 5.82 Å². The molecule has 2 heterocycles. The molecule has 1 unspecified atom stereocenters. The summed E-state index contributed by atoms with van der Waals surface area (Å²) in [6, 6.07) is 10.4. The van der Waals surface area contributed by atoms with Crippen LogP contribution in [0.5, 0.6) is 0 Å². The fourth-order valence-electron chi connectivity index (χ4n) is 4.01. The minimum absolute atomic E-state index is 0.127. The highest BCUT2D eigenvalue weighted by molar-refractivity contribution is 5.15. The van der Waals surface area contributed by atoms with Crippen molar-refractivity contribution in [3.8, 4) is 0 Å². The topological polar surface area (TPSA) is 51.4 Å². The van der Waals surface area contributed by atoms with Crippen molar-refractivity contribution in [1.29, 1.82) is 0 Å². The molecule has 1 aliphatic rings. The molecule has 5 heteroatoms. The van der Waals surface area contributed by atoms with E-state index in [0.717, 1.165) is 57.1 Å². The van der Waals surface area contributed by atoms with E-state index >= 15 is 0 Å². The maximum atomic E-state index is 5.53. The van der Waals surface area contributed by atoms with Crippen LogP contribution in [0.3, 0.4) is 0 Å². The maximum Gasteiger partial charge on any atom is 0.240 e. The van der Waals surface area contributed by atoms with E-state index in [4.69, 9.17) is 9.26 Å². The lowest BCUT2D eigenvalue weighted by molar-refractivity contribution is 0.0212. The molecule has 1 aliphatic heterocycles. The summed E-state index contributed by atoms with van der Waals surface area (Å²) in [5, 5.41) is 4.17. The van der Waals surface area contributed by atoms with Crippen molar-refractivity contribution in [2.45, 2.75) is 57.5 Å². The molecule has 1 saturated heterocycles. The Labute approximate surface area is 150 Å². The van der Waals surface area contributed by atoms with Crippen molar-refractivity contribution >= 4 is 0 Å². The molecule has 3 rings (SSSR count). The number of hydrogen-bond donors (Lipinski definition) is 0. The predicted molar refractivity (Wildman–Crippen MR) is 97.3 cm³/mol. The van der Waals surface area contributed by atoms with Crippen LogP contribution in [-0.2, 0) is 24.1 Å². The zero-order valence-electron chi connectivity index (χ0n) is 15.4. The highest BCUT2D eigenvalue weighted by atomic mass is 16.5. The van der Waals surface area contributed by atoms with Gasteiger partial charge in [-0.05, 0) is 37.8 Å². The van der Waals surface area contributed by atoms with Gasteiger partial charge in [0, 0.05) is 19.1 Å². The summed E-state index contributed by atoms with van der Waals surface area (Å²) in [6.45, 7) is 4.81. The maximum absolute atomic E-state index is 5.53. The lowest BCUT2D eigenvalue weighted by Crippen LogP contribution is -2.47. The summed E-state index contributed by atoms with van der Waals surface area (Å²) >= 11 is 0. The zero-order chi connectivity index (χ0) is 17.5. The van der Waals surface area contributed by atoms with Crippen LogP contribution >= 0.6 is 0 Å². The average molecular weight is 343 g/mol. The Morgan fingerprint density at radius 1 is 1.24 bits per heavy atom. The Balaban J connectivity index is 1.60. The van der Waals surface area contributed by atoms with E-state index in [1.807, 2.05) is 6.07 Å². The molecule has 1 fully saturated rings. The second-order valence-corrected chi connectivity index (χ2v) is 7.02. The van der Waals surface area contributed by atoms with Crippen molar-refractivity contribution in [3.05, 3.63) is 47.6 Å². The van der Waals surface area contributed by atoms with Crippen molar-refractivity contribution < 1.29 is 9.26 Å². The van der Waals surface area contributed by atoms with Gasteiger partial charge in [0.05, 0.1) is 13.2 Å². The number of aryl methyl sites for hydroxylation is 2. The van der Waals surface area contributed by atoms with Gasteiger partial charge in [0.25, 0.3) is 0 Å². The number of hydrogen-bond acceptors (Lipinski definition) is 5. The summed E-state index contributed by atoms with van der Waals surface area (Å²) in [7, 11) is 1.79. The Kier molecular flexibility index (Phi) is 6.21. The highest BCUT2D eigenvalue weighted by Gasteiger charge is 2.40. The zero-order valence-corrected chi connectivity index (χ0v) is 15.4. The Morgan fingerprint density at radius 3 is 2.84 bits per heavy atom. The first kappa shape index (κ1) is 18.1. The standard InChI is InChI=1S/C20H29N3O2/c1-3-12-20(16-24-2)13-7-14-23(20)15-19-21-18(22-25-19)11-10-17-8-5-4-6-9-17/h4-6,8-9H,3,7,10-16H2,1-2H3. The third-order valence-corrected chi connectivity index (χ3v) is 5.19. The molecule has 1 aromatic heterocycles. The van der Waals surface area contributed by atoms with Crippen molar-refractivity contribution in [3.63, 3.8) is 0 Å². The molecule has 1 aromatic carbocycles. The van der Waals surface area contributed by atoms with Gasteiger partial charge in [-0.2, -0.15) is 4.98 Å². The molecule has 0 spiro atoms. The molecule has 0 N–H and O–H groups in total. The van der Waals surface area contributed by atoms with Crippen LogP contribution < -0.4 is 0 Å². The Bertz CT molecular complexity index is 635. The number of ether oxygens (including phenoxy) is 1. The van der Waals surface area contributed by atoms with Crippen molar-refractivity contribution in [2.24, 2.45) is 0 Å². The number of likely N-dealkylation sites (tertiary alicyclic amines) is 1. The number of aromatic nitrogens is 2. The van der Waals surface area contributed by atoms with Gasteiger partial charge >= 0.3 is 0 Å². The van der Waals surface area contributed by atoms with Crippen LogP contribution in [0.25, 0.3) is 0 Å². The molecule has 25 heavy (non-hydrogen) atoms. The van der Waals surface area contributed by atoms with E-state index < -0.39 is 0 Å². The predicted octanol–water partition coefficient (Wildman–Crippen LogP) is 3.64. The third kappa shape index (κ3) is 4.47. The molecule has 5 nitrogen and oxygen atoms in total. The van der Waals surface area contributed by atoms with Crippen molar-refractivity contribution in [1.82, 2.24) is 15.0 Å². The van der Waals surface area contributed by atoms with Gasteiger partial charge in [-0.15, -0.1) is 0 Å². The molecule has 0 saturated carbocycles. The molecule has 2 aromatic rings. The fourth-order valence-corrected chi connectivity index (χ4v) is 4.01. The largest absolute Gasteiger partial charge is 0.383 e. The highest BCUT2D eigenvalue weighted by Crippen LogP contribution is 2.35. The molecule has 1 atom stereocenters. The van der Waals surface area contributed by atoms with E-state index in [1.165, 1.54) is 18.4 Å². The van der Waals surface area contributed by atoms with Gasteiger partial charge in [-0.25, -0.2) is 0 Å². The van der Waals surface area contributed by atoms with Gasteiger partial charge in [-0.3, -0.25) is 4.90 Å². The smallest absolute Gasteiger partial charge is 0.240 e. The summed E-state index contributed by atoms with van der Waals surface area (Å²) in [5.74, 6) is 1.52. The second-order valence-electron chi connectivity index (χ2n) is 7.02. The van der Waals surface area contributed by atoms with E-state index in [1.54, 1.807) is 7.11 Å². The van der Waals surface area contributed by atoms with Crippen LogP contribution in [0.4, 0.5) is 0 Å². The molecular weight excluding hydrogens is 314 g/mol. The monoisotopic (exact) mass is 343 g/mol. The normalized spacial score (nSPS) is 21.0. The first-order valence-corrected chi connectivity index (χ1v) is 9.35. The van der Waals surface area contributed by atoms with Gasteiger partial charge < -0.3 is 9.26 Å². The molecule has 0 aliphatic carbocycles. The van der Waals surface area contributed by atoms with Gasteiger partial charge in [-0.1, -0.05) is 48.8 Å². The first-order valence-electron chi connectivity index (χ1n) is 9.35. The molecule has 0 amide bonds.